The summed E-state index contributed by atoms with van der Waals surface area (Å²) in [7, 11) is 1.67. The second-order valence-electron chi connectivity index (χ2n) is 9.96. The van der Waals surface area contributed by atoms with Crippen molar-refractivity contribution in [2.24, 2.45) is 0 Å². The van der Waals surface area contributed by atoms with Crippen molar-refractivity contribution in [3.63, 3.8) is 0 Å². The number of carbonyl (C=O) groups is 1. The van der Waals surface area contributed by atoms with Gasteiger partial charge in [-0.05, 0) is 41.8 Å². The van der Waals surface area contributed by atoms with Gasteiger partial charge in [0.2, 0.25) is 17.8 Å². The Morgan fingerprint density at radius 3 is 2.72 bits per heavy atom. The van der Waals surface area contributed by atoms with Gasteiger partial charge in [0.25, 0.3) is 0 Å². The van der Waals surface area contributed by atoms with Crippen LogP contribution in [0.4, 0.5) is 5.13 Å². The van der Waals surface area contributed by atoms with Crippen LogP contribution in [0.25, 0.3) is 0 Å². The zero-order valence-electron chi connectivity index (χ0n) is 22.8. The van der Waals surface area contributed by atoms with Gasteiger partial charge in [0.05, 0.1) is 7.11 Å². The molecular formula is C29H37N5O4S. The van der Waals surface area contributed by atoms with Crippen molar-refractivity contribution in [1.82, 2.24) is 19.2 Å². The topological polar surface area (TPSA) is 80.3 Å². The molecule has 2 aromatic carbocycles. The number of ether oxygens (including phenoxy) is 3. The molecular weight excluding hydrogens is 514 g/mol. The highest BCUT2D eigenvalue weighted by Crippen LogP contribution is 2.33. The molecule has 0 atom stereocenters. The molecule has 208 valence electrons. The number of carbonyl (C=O) groups excluding carboxylic acids is 1. The van der Waals surface area contributed by atoms with Crippen LogP contribution in [0.15, 0.2) is 42.5 Å². The highest BCUT2D eigenvalue weighted by atomic mass is 32.1. The minimum Gasteiger partial charge on any atom is -0.497 e. The van der Waals surface area contributed by atoms with E-state index in [1.165, 1.54) is 17.1 Å². The molecule has 0 saturated carbocycles. The second kappa shape index (κ2) is 13.1. The standard InChI is InChI=1S/C29H37N5O4S/c1-3-4-11-34(29-30-27(31-39-29)19-22-6-5-7-24(17-22)36-2)12-10-28(35)33-15-13-32(14-16-33)20-23-8-9-25-26(18-23)38-21-37-25/h5-9,17-18H,3-4,10-16,19-21H2,1-2H3. The number of benzene rings is 2. The first-order valence-corrected chi connectivity index (χ1v) is 14.5. The van der Waals surface area contributed by atoms with Crippen molar-refractivity contribution in [2.75, 3.05) is 58.1 Å². The van der Waals surface area contributed by atoms with E-state index >= 15 is 0 Å². The molecule has 39 heavy (non-hydrogen) atoms. The first-order valence-electron chi connectivity index (χ1n) is 13.7. The average molecular weight is 552 g/mol. The lowest BCUT2D eigenvalue weighted by molar-refractivity contribution is -0.132. The molecule has 0 aliphatic carbocycles. The maximum atomic E-state index is 13.1. The normalized spacial score (nSPS) is 15.0. The number of rotatable bonds is 12. The van der Waals surface area contributed by atoms with Crippen molar-refractivity contribution < 1.29 is 19.0 Å². The van der Waals surface area contributed by atoms with E-state index in [9.17, 15) is 4.79 Å². The highest BCUT2D eigenvalue weighted by Gasteiger charge is 2.23. The Morgan fingerprint density at radius 2 is 1.90 bits per heavy atom. The molecule has 1 fully saturated rings. The molecule has 2 aliphatic heterocycles. The van der Waals surface area contributed by atoms with E-state index in [2.05, 4.69) is 39.3 Å². The molecule has 3 aromatic rings. The number of nitrogens with zero attached hydrogens (tertiary/aromatic N) is 5. The number of hydrogen-bond acceptors (Lipinski definition) is 9. The van der Waals surface area contributed by atoms with Crippen LogP contribution in [0.1, 0.15) is 43.1 Å². The Labute approximate surface area is 234 Å². The van der Waals surface area contributed by atoms with Crippen LogP contribution in [0.2, 0.25) is 0 Å². The second-order valence-corrected chi connectivity index (χ2v) is 10.7. The largest absolute Gasteiger partial charge is 0.497 e. The third-order valence-electron chi connectivity index (χ3n) is 7.17. The van der Waals surface area contributed by atoms with Gasteiger partial charge in [-0.25, -0.2) is 4.98 Å². The molecule has 3 heterocycles. The Morgan fingerprint density at radius 1 is 1.05 bits per heavy atom. The van der Waals surface area contributed by atoms with Crippen LogP contribution in [-0.2, 0) is 17.8 Å². The lowest BCUT2D eigenvalue weighted by atomic mass is 10.1. The molecule has 1 aromatic heterocycles. The fourth-order valence-electron chi connectivity index (χ4n) is 4.90. The first kappa shape index (κ1) is 27.2. The summed E-state index contributed by atoms with van der Waals surface area (Å²) >= 11 is 1.42. The molecule has 1 saturated heterocycles. The number of piperazine rings is 1. The quantitative estimate of drug-likeness (QED) is 0.331. The van der Waals surface area contributed by atoms with E-state index in [0.717, 1.165) is 85.9 Å². The lowest BCUT2D eigenvalue weighted by Gasteiger charge is -2.35. The van der Waals surface area contributed by atoms with Crippen molar-refractivity contribution in [2.45, 2.75) is 39.2 Å². The number of unbranched alkanes of at least 4 members (excludes halogenated alkanes) is 1. The Hall–Kier alpha value is -3.37. The smallest absolute Gasteiger partial charge is 0.231 e. The molecule has 9 nitrogen and oxygen atoms in total. The van der Waals surface area contributed by atoms with E-state index in [1.54, 1.807) is 7.11 Å². The summed E-state index contributed by atoms with van der Waals surface area (Å²) in [4.78, 5) is 24.6. The summed E-state index contributed by atoms with van der Waals surface area (Å²) in [5, 5.41) is 0.891. The molecule has 0 N–H and O–H groups in total. The van der Waals surface area contributed by atoms with Gasteiger partial charge in [-0.15, -0.1) is 0 Å². The van der Waals surface area contributed by atoms with Crippen LogP contribution in [0.5, 0.6) is 17.2 Å². The van der Waals surface area contributed by atoms with Gasteiger partial charge in [-0.3, -0.25) is 9.69 Å². The van der Waals surface area contributed by atoms with Crippen LogP contribution in [0, 0.1) is 0 Å². The fourth-order valence-corrected chi connectivity index (χ4v) is 5.64. The van der Waals surface area contributed by atoms with Crippen LogP contribution < -0.4 is 19.1 Å². The number of fused-ring (bicyclic) bond motifs is 1. The molecule has 0 spiro atoms. The summed E-state index contributed by atoms with van der Waals surface area (Å²) in [6.07, 6.45) is 3.28. The van der Waals surface area contributed by atoms with Crippen molar-refractivity contribution in [3.8, 4) is 17.2 Å². The van der Waals surface area contributed by atoms with E-state index < -0.39 is 0 Å². The van der Waals surface area contributed by atoms with Gasteiger partial charge in [-0.1, -0.05) is 31.5 Å². The highest BCUT2D eigenvalue weighted by molar-refractivity contribution is 7.09. The van der Waals surface area contributed by atoms with Crippen molar-refractivity contribution in [3.05, 3.63) is 59.4 Å². The Kier molecular flexibility index (Phi) is 9.15. The summed E-state index contributed by atoms with van der Waals surface area (Å²) in [5.74, 6) is 3.47. The SMILES string of the molecule is CCCCN(CCC(=O)N1CCN(Cc2ccc3c(c2)OCO3)CC1)c1nc(Cc2cccc(OC)c2)ns1. The minimum absolute atomic E-state index is 0.209. The van der Waals surface area contributed by atoms with Gasteiger partial charge in [0.15, 0.2) is 11.5 Å². The molecule has 0 radical (unpaired) electrons. The van der Waals surface area contributed by atoms with Gasteiger partial charge >= 0.3 is 0 Å². The summed E-state index contributed by atoms with van der Waals surface area (Å²) in [6.45, 7) is 8.08. The van der Waals surface area contributed by atoms with E-state index in [1.807, 2.05) is 29.2 Å². The third-order valence-corrected chi connectivity index (χ3v) is 7.98. The number of methoxy groups -OCH3 is 1. The van der Waals surface area contributed by atoms with E-state index in [0.29, 0.717) is 26.2 Å². The summed E-state index contributed by atoms with van der Waals surface area (Å²) < 4.78 is 20.9. The van der Waals surface area contributed by atoms with Gasteiger partial charge in [0, 0.05) is 70.2 Å². The number of aromatic nitrogens is 2. The number of anilines is 1. The van der Waals surface area contributed by atoms with Crippen molar-refractivity contribution >= 4 is 22.6 Å². The molecule has 5 rings (SSSR count). The van der Waals surface area contributed by atoms with E-state index in [-0.39, 0.29) is 5.91 Å². The minimum atomic E-state index is 0.209. The van der Waals surface area contributed by atoms with Gasteiger partial charge < -0.3 is 24.0 Å². The average Bonchev–Trinajstić information content (AvgIpc) is 3.63. The predicted octanol–water partition coefficient (Wildman–Crippen LogP) is 4.21. The van der Waals surface area contributed by atoms with Crippen LogP contribution in [-0.4, -0.2) is 78.2 Å². The van der Waals surface area contributed by atoms with Gasteiger partial charge in [0.1, 0.15) is 11.6 Å². The summed E-state index contributed by atoms with van der Waals surface area (Å²) in [5.41, 5.74) is 2.32. The molecule has 10 heteroatoms. The Bertz CT molecular complexity index is 1240. The third kappa shape index (κ3) is 7.19. The molecule has 0 bridgehead atoms. The first-order chi connectivity index (χ1) is 19.1. The Balaban J connectivity index is 1.11. The molecule has 0 unspecified atom stereocenters. The van der Waals surface area contributed by atoms with Gasteiger partial charge in [-0.2, -0.15) is 4.37 Å². The monoisotopic (exact) mass is 551 g/mol. The lowest BCUT2D eigenvalue weighted by Crippen LogP contribution is -2.48. The van der Waals surface area contributed by atoms with Crippen LogP contribution in [0.3, 0.4) is 0 Å². The number of hydrogen-bond donors (Lipinski definition) is 0. The van der Waals surface area contributed by atoms with Crippen molar-refractivity contribution in [1.29, 1.82) is 0 Å². The van der Waals surface area contributed by atoms with E-state index in [4.69, 9.17) is 19.2 Å². The number of amides is 1. The maximum Gasteiger partial charge on any atom is 0.231 e. The maximum absolute atomic E-state index is 13.1. The van der Waals surface area contributed by atoms with Crippen LogP contribution >= 0.6 is 11.5 Å². The zero-order chi connectivity index (χ0) is 27.0. The predicted molar refractivity (Wildman–Crippen MR) is 152 cm³/mol. The molecule has 1 amide bonds. The fraction of sp³-hybridized carbons (Fsp3) is 0.483. The summed E-state index contributed by atoms with van der Waals surface area (Å²) in [6, 6.07) is 14.1. The zero-order valence-corrected chi connectivity index (χ0v) is 23.6. The molecule has 2 aliphatic rings.